The third-order valence-corrected chi connectivity index (χ3v) is 6.17. The Balaban J connectivity index is 1.60. The van der Waals surface area contributed by atoms with Crippen molar-refractivity contribution in [1.29, 1.82) is 0 Å². The summed E-state index contributed by atoms with van der Waals surface area (Å²) in [6.07, 6.45) is 6.34. The van der Waals surface area contributed by atoms with Crippen LogP contribution < -0.4 is 4.90 Å². The van der Waals surface area contributed by atoms with E-state index in [1.54, 1.807) is 6.07 Å². The van der Waals surface area contributed by atoms with Gasteiger partial charge in [-0.3, -0.25) is 19.7 Å². The molecule has 3 fully saturated rings. The molecule has 0 radical (unpaired) electrons. The quantitative estimate of drug-likeness (QED) is 0.363. The van der Waals surface area contributed by atoms with Crippen LogP contribution in [-0.2, 0) is 9.59 Å². The van der Waals surface area contributed by atoms with Crippen molar-refractivity contribution < 1.29 is 14.5 Å². The van der Waals surface area contributed by atoms with E-state index in [2.05, 4.69) is 12.2 Å². The fourth-order valence-electron chi connectivity index (χ4n) is 5.12. The van der Waals surface area contributed by atoms with Crippen LogP contribution in [0.3, 0.4) is 0 Å². The van der Waals surface area contributed by atoms with E-state index in [1.807, 2.05) is 0 Å². The third-order valence-electron chi connectivity index (χ3n) is 6.17. The number of imide groups is 1. The van der Waals surface area contributed by atoms with E-state index in [4.69, 9.17) is 0 Å². The largest absolute Gasteiger partial charge is 0.293 e. The van der Waals surface area contributed by atoms with Crippen molar-refractivity contribution in [3.8, 4) is 0 Å². The van der Waals surface area contributed by atoms with Crippen LogP contribution in [0.4, 0.5) is 11.4 Å². The molecule has 5 rings (SSSR count). The van der Waals surface area contributed by atoms with Crippen LogP contribution in [0.25, 0.3) is 0 Å². The van der Waals surface area contributed by atoms with Gasteiger partial charge in [-0.1, -0.05) is 24.3 Å². The fourth-order valence-corrected chi connectivity index (χ4v) is 5.12. The summed E-state index contributed by atoms with van der Waals surface area (Å²) in [5, 5.41) is 11.2. The van der Waals surface area contributed by atoms with Gasteiger partial charge in [-0.2, -0.15) is 0 Å². The lowest BCUT2D eigenvalue weighted by Crippen LogP contribution is -2.35. The molecule has 2 saturated carbocycles. The highest BCUT2D eigenvalue weighted by molar-refractivity contribution is 6.23. The lowest BCUT2D eigenvalue weighted by molar-refractivity contribution is -0.384. The standard InChI is InChI=1S/C17H14N2O4/c20-15-13-9-5-6-10(17(9)7-8-17)14(13)16(21)18(15)11-3-1-2-4-12(11)19(22)23/h1-6,9-10,13-14H,7-8H2/t9-,10-,13-,14+/m1/s1. The Hall–Kier alpha value is -2.50. The van der Waals surface area contributed by atoms with Gasteiger partial charge in [0.2, 0.25) is 11.8 Å². The minimum Gasteiger partial charge on any atom is -0.274 e. The molecule has 1 aromatic rings. The van der Waals surface area contributed by atoms with Crippen LogP contribution in [0.1, 0.15) is 12.8 Å². The summed E-state index contributed by atoms with van der Waals surface area (Å²) in [6.45, 7) is 0. The molecule has 23 heavy (non-hydrogen) atoms. The molecule has 1 spiro atoms. The molecule has 1 aliphatic heterocycles. The zero-order chi connectivity index (χ0) is 15.9. The van der Waals surface area contributed by atoms with Gasteiger partial charge in [0.1, 0.15) is 5.69 Å². The van der Waals surface area contributed by atoms with E-state index in [1.165, 1.54) is 18.2 Å². The highest BCUT2D eigenvalue weighted by Gasteiger charge is 2.73. The van der Waals surface area contributed by atoms with Gasteiger partial charge in [0, 0.05) is 6.07 Å². The second-order valence-electron chi connectivity index (χ2n) is 6.98. The fraction of sp³-hybridized carbons (Fsp3) is 0.412. The Morgan fingerprint density at radius 3 is 2.13 bits per heavy atom. The van der Waals surface area contributed by atoms with Crippen molar-refractivity contribution in [1.82, 2.24) is 0 Å². The number of carbonyl (C=O) groups is 2. The molecule has 0 unspecified atom stereocenters. The highest BCUT2D eigenvalue weighted by Crippen LogP contribution is 2.73. The Morgan fingerprint density at radius 2 is 1.61 bits per heavy atom. The maximum Gasteiger partial charge on any atom is 0.293 e. The molecule has 2 bridgehead atoms. The summed E-state index contributed by atoms with van der Waals surface area (Å²) in [5.74, 6) is -0.946. The predicted molar refractivity (Wildman–Crippen MR) is 80.4 cm³/mol. The average molecular weight is 310 g/mol. The molecular weight excluding hydrogens is 296 g/mol. The smallest absolute Gasteiger partial charge is 0.274 e. The monoisotopic (exact) mass is 310 g/mol. The van der Waals surface area contributed by atoms with Crippen molar-refractivity contribution in [3.05, 3.63) is 46.5 Å². The van der Waals surface area contributed by atoms with E-state index in [9.17, 15) is 19.7 Å². The first-order valence-corrected chi connectivity index (χ1v) is 7.86. The first-order valence-electron chi connectivity index (χ1n) is 7.86. The Kier molecular flexibility index (Phi) is 2.19. The van der Waals surface area contributed by atoms with Crippen molar-refractivity contribution >= 4 is 23.2 Å². The number of amides is 2. The molecule has 0 aromatic heterocycles. The summed E-state index contributed by atoms with van der Waals surface area (Å²) >= 11 is 0. The Labute approximate surface area is 131 Å². The summed E-state index contributed by atoms with van der Waals surface area (Å²) in [5.41, 5.74) is 0.0387. The first kappa shape index (κ1) is 13.0. The van der Waals surface area contributed by atoms with E-state index in [0.29, 0.717) is 0 Å². The van der Waals surface area contributed by atoms with Crippen molar-refractivity contribution in [2.45, 2.75) is 12.8 Å². The number of carbonyl (C=O) groups excluding carboxylic acids is 2. The number of nitro benzene ring substituents is 1. The topological polar surface area (TPSA) is 80.5 Å². The number of allylic oxidation sites excluding steroid dienone is 2. The lowest BCUT2D eigenvalue weighted by atomic mass is 9.85. The second kappa shape index (κ2) is 3.88. The Morgan fingerprint density at radius 1 is 1.04 bits per heavy atom. The zero-order valence-corrected chi connectivity index (χ0v) is 12.2. The molecule has 4 aliphatic rings. The van der Waals surface area contributed by atoms with Gasteiger partial charge in [-0.15, -0.1) is 0 Å². The number of fused-ring (bicyclic) bond motifs is 3. The van der Waals surface area contributed by atoms with Gasteiger partial charge in [0.15, 0.2) is 0 Å². The van der Waals surface area contributed by atoms with Crippen LogP contribution in [0.15, 0.2) is 36.4 Å². The Bertz CT molecular complexity index is 777. The summed E-state index contributed by atoms with van der Waals surface area (Å²) in [6, 6.07) is 5.97. The molecule has 6 heteroatoms. The zero-order valence-electron chi connectivity index (χ0n) is 12.2. The molecule has 1 heterocycles. The van der Waals surface area contributed by atoms with Gasteiger partial charge in [0.25, 0.3) is 5.69 Å². The number of hydrogen-bond acceptors (Lipinski definition) is 4. The average Bonchev–Trinajstić information content (AvgIpc) is 3.13. The lowest BCUT2D eigenvalue weighted by Gasteiger charge is -2.21. The number of para-hydroxylation sites is 2. The molecule has 2 amide bonds. The summed E-state index contributed by atoms with van der Waals surface area (Å²) in [4.78, 5) is 37.6. The highest BCUT2D eigenvalue weighted by atomic mass is 16.6. The number of nitro groups is 1. The molecular formula is C17H14N2O4. The van der Waals surface area contributed by atoms with Crippen LogP contribution in [0, 0.1) is 39.2 Å². The number of anilines is 1. The molecule has 1 aromatic carbocycles. The van der Waals surface area contributed by atoms with E-state index in [0.717, 1.165) is 17.7 Å². The minimum absolute atomic E-state index is 0.103. The van der Waals surface area contributed by atoms with Gasteiger partial charge < -0.3 is 0 Å². The number of benzene rings is 1. The van der Waals surface area contributed by atoms with Crippen molar-refractivity contribution in [3.63, 3.8) is 0 Å². The van der Waals surface area contributed by atoms with Crippen LogP contribution in [0.2, 0.25) is 0 Å². The minimum atomic E-state index is -0.542. The summed E-state index contributed by atoms with van der Waals surface area (Å²) in [7, 11) is 0. The third kappa shape index (κ3) is 1.35. The van der Waals surface area contributed by atoms with Crippen molar-refractivity contribution in [2.75, 3.05) is 4.90 Å². The SMILES string of the molecule is O=C1[C@@H]2[C@H](C(=O)N1c1ccccc1[N+](=O)[O-])[C@H]1C=C[C@H]2C12CC2. The predicted octanol–water partition coefficient (Wildman–Crippen LogP) is 2.30. The molecule has 4 atom stereocenters. The number of rotatable bonds is 2. The van der Waals surface area contributed by atoms with Gasteiger partial charge in [-0.05, 0) is 36.2 Å². The van der Waals surface area contributed by atoms with Crippen LogP contribution >= 0.6 is 0 Å². The molecule has 0 N–H and O–H groups in total. The van der Waals surface area contributed by atoms with Gasteiger partial charge in [-0.25, -0.2) is 4.90 Å². The van der Waals surface area contributed by atoms with Gasteiger partial charge >= 0.3 is 0 Å². The van der Waals surface area contributed by atoms with E-state index in [-0.39, 0.29) is 52.3 Å². The van der Waals surface area contributed by atoms with Crippen LogP contribution in [0.5, 0.6) is 0 Å². The van der Waals surface area contributed by atoms with E-state index >= 15 is 0 Å². The van der Waals surface area contributed by atoms with E-state index < -0.39 is 4.92 Å². The van der Waals surface area contributed by atoms with Gasteiger partial charge in [0.05, 0.1) is 16.8 Å². The second-order valence-corrected chi connectivity index (χ2v) is 6.98. The van der Waals surface area contributed by atoms with Crippen molar-refractivity contribution in [2.24, 2.45) is 29.1 Å². The maximum absolute atomic E-state index is 12.9. The molecule has 1 saturated heterocycles. The number of hydrogen-bond donors (Lipinski definition) is 0. The normalized spacial score (nSPS) is 35.2. The summed E-state index contributed by atoms with van der Waals surface area (Å²) < 4.78 is 0. The molecule has 3 aliphatic carbocycles. The first-order chi connectivity index (χ1) is 11.1. The van der Waals surface area contributed by atoms with Crippen LogP contribution in [-0.4, -0.2) is 16.7 Å². The molecule has 6 nitrogen and oxygen atoms in total. The number of nitrogens with zero attached hydrogens (tertiary/aromatic N) is 2. The molecule has 116 valence electrons. The maximum atomic E-state index is 12.9.